The molecule has 0 aliphatic carbocycles. The normalized spacial score (nSPS) is 12.0. The number of aliphatic imine (C=N–C) groups is 1. The monoisotopic (exact) mass is 666 g/mol. The molecule has 13 heteroatoms. The maximum absolute atomic E-state index is 13.5. The molecule has 46 heavy (non-hydrogen) atoms. The molecule has 0 saturated carbocycles. The third kappa shape index (κ3) is 13.7. The zero-order valence-electron chi connectivity index (χ0n) is 28.3. The lowest BCUT2D eigenvalue weighted by atomic mass is 9.99. The van der Waals surface area contributed by atoms with Gasteiger partial charge in [-0.1, -0.05) is 65.9 Å². The van der Waals surface area contributed by atoms with E-state index in [1.807, 2.05) is 53.7 Å². The molecule has 256 valence electrons. The van der Waals surface area contributed by atoms with E-state index in [9.17, 15) is 23.1 Å². The molecule has 4 N–H and O–H groups in total. The number of aliphatic hydroxyl groups is 2. The maximum Gasteiger partial charge on any atom is 0.417 e. The van der Waals surface area contributed by atoms with Crippen LogP contribution in [-0.4, -0.2) is 63.7 Å². The highest BCUT2D eigenvalue weighted by atomic mass is 32.1. The number of aliphatic hydroxyl groups excluding tert-OH is 2. The minimum Gasteiger partial charge on any atom is -0.394 e. The minimum atomic E-state index is -4.78. The summed E-state index contributed by atoms with van der Waals surface area (Å²) in [5.74, 6) is 4.81. The Morgan fingerprint density at radius 1 is 1.09 bits per heavy atom. The second-order valence-electron chi connectivity index (χ2n) is 9.46. The third-order valence-corrected chi connectivity index (χ3v) is 6.55. The Labute approximate surface area is 277 Å². The van der Waals surface area contributed by atoms with Gasteiger partial charge in [-0.05, 0) is 69.6 Å². The summed E-state index contributed by atoms with van der Waals surface area (Å²) in [6, 6.07) is 11.7. The van der Waals surface area contributed by atoms with Crippen LogP contribution in [0.3, 0.4) is 0 Å². The van der Waals surface area contributed by atoms with E-state index < -0.39 is 34.9 Å². The van der Waals surface area contributed by atoms with Crippen molar-refractivity contribution in [1.82, 2.24) is 4.90 Å². The number of carbonyl (C=O) groups excluding carboxylic acids is 1. The van der Waals surface area contributed by atoms with Gasteiger partial charge in [-0.2, -0.15) is 23.5 Å². The highest BCUT2D eigenvalue weighted by Gasteiger charge is 2.38. The summed E-state index contributed by atoms with van der Waals surface area (Å²) in [6.07, 6.45) is -3.55. The first kappa shape index (κ1) is 44.4. The molecule has 0 spiro atoms. The number of nitrogens with zero attached hydrogens (tertiary/aromatic N) is 5. The van der Waals surface area contributed by atoms with Crippen LogP contribution in [0.15, 0.2) is 52.6 Å². The molecule has 0 radical (unpaired) electrons. The molecule has 0 aliphatic heterocycles. The Bertz CT molecular complexity index is 1290. The Hall–Kier alpha value is -3.70. The van der Waals surface area contributed by atoms with Crippen molar-refractivity contribution in [2.45, 2.75) is 92.6 Å². The highest BCUT2D eigenvalue weighted by molar-refractivity contribution is 7.79. The van der Waals surface area contributed by atoms with Crippen molar-refractivity contribution in [3.63, 3.8) is 0 Å². The molecule has 0 bridgehead atoms. The maximum atomic E-state index is 13.5. The fraction of sp³-hybridized carbons (Fsp3) is 0.485. The van der Waals surface area contributed by atoms with Crippen LogP contribution in [-0.2, 0) is 17.5 Å². The molecule has 2 rings (SSSR count). The number of nitrogens with two attached hydrogens (primary N) is 1. The van der Waals surface area contributed by atoms with Gasteiger partial charge in [-0.3, -0.25) is 19.6 Å². The molecule has 1 atom stereocenters. The van der Waals surface area contributed by atoms with Gasteiger partial charge in [0.25, 0.3) is 5.91 Å². The number of likely N-dealkylation sites (N-methyl/N-ethyl adjacent to an activating group) is 1. The largest absolute Gasteiger partial charge is 0.417 e. The van der Waals surface area contributed by atoms with E-state index in [1.165, 1.54) is 18.4 Å². The Kier molecular flexibility index (Phi) is 22.0. The lowest BCUT2D eigenvalue weighted by Crippen LogP contribution is -2.54. The summed E-state index contributed by atoms with van der Waals surface area (Å²) in [5, 5.41) is 31.1. The number of thiocarbonyl (C=S) groups is 1. The van der Waals surface area contributed by atoms with Crippen molar-refractivity contribution < 1.29 is 28.2 Å². The first-order valence-electron chi connectivity index (χ1n) is 15.1. The van der Waals surface area contributed by atoms with Crippen molar-refractivity contribution in [1.29, 1.82) is 5.26 Å². The summed E-state index contributed by atoms with van der Waals surface area (Å²) < 4.78 is 40.4. The zero-order chi connectivity index (χ0) is 36.1. The Morgan fingerprint density at radius 2 is 1.65 bits per heavy atom. The molecule has 0 aliphatic rings. The highest BCUT2D eigenvalue weighted by Crippen LogP contribution is 2.35. The van der Waals surface area contributed by atoms with Gasteiger partial charge in [0.2, 0.25) is 0 Å². The zero-order valence-corrected chi connectivity index (χ0v) is 29.1. The number of alkyl halides is 3. The van der Waals surface area contributed by atoms with E-state index in [0.717, 1.165) is 28.1 Å². The van der Waals surface area contributed by atoms with Gasteiger partial charge < -0.3 is 16.1 Å². The predicted octanol–water partition coefficient (Wildman–Crippen LogP) is 7.01. The number of rotatable bonds is 12. The average molecular weight is 667 g/mol. The fourth-order valence-electron chi connectivity index (χ4n) is 3.57. The summed E-state index contributed by atoms with van der Waals surface area (Å²) in [5.41, 5.74) is -0.0929. The van der Waals surface area contributed by atoms with E-state index >= 15 is 0 Å². The van der Waals surface area contributed by atoms with Crippen LogP contribution in [0.4, 0.5) is 24.5 Å². The molecule has 2 aromatic carbocycles. The molecule has 0 aromatic heterocycles. The smallest absolute Gasteiger partial charge is 0.394 e. The molecular formula is C33H49F3N6O3S. The van der Waals surface area contributed by atoms with Crippen LogP contribution in [0.1, 0.15) is 84.9 Å². The predicted molar refractivity (Wildman–Crippen MR) is 185 cm³/mol. The third-order valence-electron chi connectivity index (χ3n) is 6.34. The number of benzene rings is 2. The van der Waals surface area contributed by atoms with Crippen molar-refractivity contribution in [3.05, 3.63) is 59.2 Å². The number of halogens is 3. The average Bonchev–Trinajstić information content (AvgIpc) is 3.07. The number of carbonyl (C=O) groups is 1. The van der Waals surface area contributed by atoms with Gasteiger partial charge in [-0.25, -0.2) is 0 Å². The van der Waals surface area contributed by atoms with E-state index in [0.29, 0.717) is 24.4 Å². The fourth-order valence-corrected chi connectivity index (χ4v) is 3.79. The molecule has 0 heterocycles. The first-order valence-corrected chi connectivity index (χ1v) is 15.6. The van der Waals surface area contributed by atoms with Gasteiger partial charge in [0, 0.05) is 12.2 Å². The van der Waals surface area contributed by atoms with Crippen molar-refractivity contribution in [3.8, 4) is 6.07 Å². The summed E-state index contributed by atoms with van der Waals surface area (Å²) >= 11 is 4.98. The van der Waals surface area contributed by atoms with E-state index in [1.54, 1.807) is 37.9 Å². The molecule has 9 nitrogen and oxygen atoms in total. The molecule has 0 fully saturated rings. The number of hydrazone groups is 1. The van der Waals surface area contributed by atoms with Gasteiger partial charge in [-0.15, -0.1) is 0 Å². The van der Waals surface area contributed by atoms with Crippen molar-refractivity contribution >= 4 is 46.9 Å². The second-order valence-corrected chi connectivity index (χ2v) is 9.67. The minimum absolute atomic E-state index is 0.0960. The molecule has 1 unspecified atom stereocenters. The van der Waals surface area contributed by atoms with Crippen LogP contribution in [0.5, 0.6) is 0 Å². The second kappa shape index (κ2) is 22.7. The number of anilines is 1. The number of hydrogen-bond donors (Lipinski definition) is 3. The van der Waals surface area contributed by atoms with Crippen LogP contribution in [0.25, 0.3) is 0 Å². The van der Waals surface area contributed by atoms with E-state index in [2.05, 4.69) is 10.1 Å². The van der Waals surface area contributed by atoms with Gasteiger partial charge in [0.05, 0.1) is 58.6 Å². The lowest BCUT2D eigenvalue weighted by molar-refractivity contribution is -0.137. The first-order chi connectivity index (χ1) is 21.8. The lowest BCUT2D eigenvalue weighted by Gasteiger charge is -2.37. The van der Waals surface area contributed by atoms with Gasteiger partial charge >= 0.3 is 6.18 Å². The van der Waals surface area contributed by atoms with Crippen molar-refractivity contribution in [2.24, 2.45) is 15.9 Å². The van der Waals surface area contributed by atoms with E-state index in [-0.39, 0.29) is 18.7 Å². The summed E-state index contributed by atoms with van der Waals surface area (Å²) in [7, 11) is 1.70. The van der Waals surface area contributed by atoms with Gasteiger partial charge in [0.15, 0.2) is 0 Å². The van der Waals surface area contributed by atoms with Crippen LogP contribution < -0.4 is 10.7 Å². The molecular weight excluding hydrogens is 617 g/mol. The number of hydrogen-bond acceptors (Lipinski definition) is 9. The Morgan fingerprint density at radius 3 is 2.11 bits per heavy atom. The quantitative estimate of drug-likeness (QED) is 0.0959. The van der Waals surface area contributed by atoms with E-state index in [4.69, 9.17) is 28.4 Å². The van der Waals surface area contributed by atoms with Gasteiger partial charge in [0.1, 0.15) is 0 Å². The molecule has 1 amide bonds. The molecule has 0 saturated heterocycles. The topological polar surface area (TPSA) is 139 Å². The number of amides is 1. The Balaban J connectivity index is 0. The van der Waals surface area contributed by atoms with Crippen LogP contribution in [0.2, 0.25) is 0 Å². The van der Waals surface area contributed by atoms with Crippen molar-refractivity contribution in [2.75, 3.05) is 18.6 Å². The SMILES string of the molecule is CC.CC.CC.CN(Cc1ccc(N=C/C(CCC(O)CO)=N\N)cc1)C(C)(C)C(=O)N(C=S)c1ccc(C#N)c(C(F)(F)F)c1. The standard InChI is InChI=1S/C27H31F3N6O3S.3C2H6/c1-26(2,25(39)36(17-40)22-10-6-19(13-31)24(12-22)27(28,29)30)35(3)15-18-4-7-20(8-5-18)33-14-21(34-32)9-11-23(38)16-37;3*1-2/h4-8,10,12,14,17,23,37-38H,9,11,15-16,32H2,1-3H3;3*1-2H3/b33-14?,34-21-;;;. The summed E-state index contributed by atoms with van der Waals surface area (Å²) in [6.45, 7) is 15.2. The molecule has 2 aromatic rings. The number of nitriles is 1. The summed E-state index contributed by atoms with van der Waals surface area (Å²) in [4.78, 5) is 20.5. The van der Waals surface area contributed by atoms with Crippen LogP contribution >= 0.6 is 12.2 Å². The van der Waals surface area contributed by atoms with Crippen LogP contribution in [0, 0.1) is 11.3 Å².